The maximum atomic E-state index is 9.18. The molecule has 0 amide bonds. The summed E-state index contributed by atoms with van der Waals surface area (Å²) in [5.74, 6) is 1.38. The van der Waals surface area contributed by atoms with Crippen LogP contribution in [-0.4, -0.2) is 86.4 Å². The molecule has 1 heterocycles. The highest BCUT2D eigenvalue weighted by molar-refractivity contribution is 14.0. The van der Waals surface area contributed by atoms with E-state index in [-0.39, 0.29) is 30.6 Å². The maximum Gasteiger partial charge on any atom is 0.191 e. The van der Waals surface area contributed by atoms with E-state index in [4.69, 9.17) is 4.99 Å². The Bertz CT molecular complexity index is 342. The van der Waals surface area contributed by atoms with Crippen molar-refractivity contribution in [3.63, 3.8) is 0 Å². The van der Waals surface area contributed by atoms with E-state index in [0.29, 0.717) is 12.0 Å². The van der Waals surface area contributed by atoms with Crippen molar-refractivity contribution in [2.24, 2.45) is 10.9 Å². The summed E-state index contributed by atoms with van der Waals surface area (Å²) in [6.45, 7) is 14.0. The number of rotatable bonds is 10. The van der Waals surface area contributed by atoms with Crippen LogP contribution in [0, 0.1) is 5.92 Å². The van der Waals surface area contributed by atoms with E-state index < -0.39 is 0 Å². The Kier molecular flexibility index (Phi) is 14.9. The fraction of sp³-hybridized carbons (Fsp3) is 0.944. The summed E-state index contributed by atoms with van der Waals surface area (Å²) in [5.41, 5.74) is 0. The smallest absolute Gasteiger partial charge is 0.191 e. The molecule has 0 radical (unpaired) electrons. The molecule has 0 aromatic rings. The van der Waals surface area contributed by atoms with Crippen molar-refractivity contribution in [1.29, 1.82) is 0 Å². The number of aliphatic imine (C=N–C) groups is 1. The van der Waals surface area contributed by atoms with Crippen LogP contribution in [0.3, 0.4) is 0 Å². The SMILES string of the molecule is CCCC(CCO)CN=C(NCC)NCC(C)N1CCN(C)CC1.I. The zero-order valence-electron chi connectivity index (χ0n) is 16.6. The predicted octanol–water partition coefficient (Wildman–Crippen LogP) is 1.59. The van der Waals surface area contributed by atoms with Gasteiger partial charge in [-0.25, -0.2) is 0 Å². The Morgan fingerprint density at radius 1 is 1.12 bits per heavy atom. The van der Waals surface area contributed by atoms with E-state index in [2.05, 4.69) is 48.3 Å². The van der Waals surface area contributed by atoms with Gasteiger partial charge in [0.1, 0.15) is 0 Å². The van der Waals surface area contributed by atoms with Gasteiger partial charge in [-0.1, -0.05) is 13.3 Å². The molecule has 0 aromatic carbocycles. The average molecular weight is 469 g/mol. The molecule has 0 aromatic heterocycles. The first-order valence-electron chi connectivity index (χ1n) is 9.66. The fourth-order valence-electron chi connectivity index (χ4n) is 3.12. The number of piperazine rings is 1. The van der Waals surface area contributed by atoms with Gasteiger partial charge in [-0.15, -0.1) is 24.0 Å². The number of hydrogen-bond acceptors (Lipinski definition) is 4. The van der Waals surface area contributed by atoms with Gasteiger partial charge in [-0.05, 0) is 39.7 Å². The molecule has 1 fully saturated rings. The van der Waals surface area contributed by atoms with Gasteiger partial charge in [0.05, 0.1) is 0 Å². The third-order valence-corrected chi connectivity index (χ3v) is 4.81. The highest BCUT2D eigenvalue weighted by Crippen LogP contribution is 2.11. The van der Waals surface area contributed by atoms with Crippen molar-refractivity contribution in [1.82, 2.24) is 20.4 Å². The highest BCUT2D eigenvalue weighted by Gasteiger charge is 2.19. The second-order valence-electron chi connectivity index (χ2n) is 6.96. The van der Waals surface area contributed by atoms with Crippen LogP contribution in [-0.2, 0) is 0 Å². The molecule has 2 unspecified atom stereocenters. The van der Waals surface area contributed by atoms with Gasteiger partial charge in [-0.2, -0.15) is 0 Å². The number of aliphatic hydroxyl groups excluding tert-OH is 1. The molecule has 2 atom stereocenters. The van der Waals surface area contributed by atoms with Crippen LogP contribution in [0.15, 0.2) is 4.99 Å². The second-order valence-corrected chi connectivity index (χ2v) is 6.96. The summed E-state index contributed by atoms with van der Waals surface area (Å²) in [5, 5.41) is 16.0. The second kappa shape index (κ2) is 15.0. The minimum absolute atomic E-state index is 0. The number of guanidine groups is 1. The van der Waals surface area contributed by atoms with E-state index in [1.54, 1.807) is 0 Å². The van der Waals surface area contributed by atoms with E-state index in [1.165, 1.54) is 0 Å². The number of nitrogens with zero attached hydrogens (tertiary/aromatic N) is 3. The highest BCUT2D eigenvalue weighted by atomic mass is 127. The van der Waals surface area contributed by atoms with Gasteiger partial charge in [0, 0.05) is 58.5 Å². The summed E-state index contributed by atoms with van der Waals surface area (Å²) < 4.78 is 0. The lowest BCUT2D eigenvalue weighted by molar-refractivity contribution is 0.120. The molecule has 1 aliphatic rings. The fourth-order valence-corrected chi connectivity index (χ4v) is 3.12. The minimum atomic E-state index is 0. The zero-order chi connectivity index (χ0) is 17.8. The summed E-state index contributed by atoms with van der Waals surface area (Å²) in [6.07, 6.45) is 3.11. The summed E-state index contributed by atoms with van der Waals surface area (Å²) >= 11 is 0. The monoisotopic (exact) mass is 469 g/mol. The summed E-state index contributed by atoms with van der Waals surface area (Å²) in [7, 11) is 2.19. The molecule has 7 heteroatoms. The third kappa shape index (κ3) is 10.6. The molecule has 1 rings (SSSR count). The number of likely N-dealkylation sites (N-methyl/N-ethyl adjacent to an activating group) is 1. The largest absolute Gasteiger partial charge is 0.396 e. The van der Waals surface area contributed by atoms with Gasteiger partial charge in [-0.3, -0.25) is 9.89 Å². The van der Waals surface area contributed by atoms with E-state index in [9.17, 15) is 5.11 Å². The number of nitrogens with one attached hydrogen (secondary N) is 2. The predicted molar refractivity (Wildman–Crippen MR) is 118 cm³/mol. The van der Waals surface area contributed by atoms with Crippen LogP contribution < -0.4 is 10.6 Å². The third-order valence-electron chi connectivity index (χ3n) is 4.81. The van der Waals surface area contributed by atoms with E-state index in [1.807, 2.05) is 0 Å². The number of hydrogen-bond donors (Lipinski definition) is 3. The standard InChI is InChI=1S/C18H39N5O.HI/c1-5-7-17(8-13-24)15-21-18(19-6-2)20-14-16(3)23-11-9-22(4)10-12-23;/h16-17,24H,5-15H2,1-4H3,(H2,19,20,21);1H. The molecule has 1 saturated heterocycles. The van der Waals surface area contributed by atoms with E-state index in [0.717, 1.165) is 71.0 Å². The lowest BCUT2D eigenvalue weighted by Crippen LogP contribution is -2.52. The normalized spacial score (nSPS) is 19.2. The molecule has 0 spiro atoms. The van der Waals surface area contributed by atoms with Crippen LogP contribution in [0.5, 0.6) is 0 Å². The van der Waals surface area contributed by atoms with Gasteiger partial charge in [0.2, 0.25) is 0 Å². The van der Waals surface area contributed by atoms with Crippen molar-refractivity contribution in [3.05, 3.63) is 0 Å². The van der Waals surface area contributed by atoms with Gasteiger partial charge in [0.15, 0.2) is 5.96 Å². The van der Waals surface area contributed by atoms with Crippen LogP contribution in [0.25, 0.3) is 0 Å². The zero-order valence-corrected chi connectivity index (χ0v) is 19.0. The number of aliphatic hydroxyl groups is 1. The molecule has 6 nitrogen and oxygen atoms in total. The van der Waals surface area contributed by atoms with Crippen LogP contribution in [0.4, 0.5) is 0 Å². The Morgan fingerprint density at radius 3 is 2.36 bits per heavy atom. The summed E-state index contributed by atoms with van der Waals surface area (Å²) in [4.78, 5) is 9.67. The molecule has 1 aliphatic heterocycles. The molecular formula is C18H40IN5O. The Morgan fingerprint density at radius 2 is 1.80 bits per heavy atom. The van der Waals surface area contributed by atoms with Crippen molar-refractivity contribution >= 4 is 29.9 Å². The van der Waals surface area contributed by atoms with Gasteiger partial charge in [0.25, 0.3) is 0 Å². The Labute approximate surface area is 171 Å². The molecule has 3 N–H and O–H groups in total. The topological polar surface area (TPSA) is 63.1 Å². The maximum absolute atomic E-state index is 9.18. The first-order chi connectivity index (χ1) is 11.6. The molecule has 0 aliphatic carbocycles. The first-order valence-corrected chi connectivity index (χ1v) is 9.66. The molecule has 0 bridgehead atoms. The quantitative estimate of drug-likeness (QED) is 0.258. The number of halogens is 1. The molecule has 150 valence electrons. The van der Waals surface area contributed by atoms with Crippen molar-refractivity contribution in [2.45, 2.75) is 46.1 Å². The minimum Gasteiger partial charge on any atom is -0.396 e. The van der Waals surface area contributed by atoms with Crippen molar-refractivity contribution in [3.8, 4) is 0 Å². The summed E-state index contributed by atoms with van der Waals surface area (Å²) in [6, 6.07) is 0.506. The van der Waals surface area contributed by atoms with Crippen LogP contribution in [0.1, 0.15) is 40.0 Å². The Hall–Kier alpha value is -0.120. The molecular weight excluding hydrogens is 429 g/mol. The van der Waals surface area contributed by atoms with E-state index >= 15 is 0 Å². The van der Waals surface area contributed by atoms with Gasteiger partial charge < -0.3 is 20.6 Å². The lowest BCUT2D eigenvalue weighted by Gasteiger charge is -2.36. The van der Waals surface area contributed by atoms with Gasteiger partial charge >= 0.3 is 0 Å². The van der Waals surface area contributed by atoms with Crippen molar-refractivity contribution < 1.29 is 5.11 Å². The lowest BCUT2D eigenvalue weighted by atomic mass is 10.0. The first kappa shape index (κ1) is 24.9. The molecule has 0 saturated carbocycles. The molecule has 25 heavy (non-hydrogen) atoms. The van der Waals surface area contributed by atoms with Crippen LogP contribution in [0.2, 0.25) is 0 Å². The Balaban J connectivity index is 0.00000576. The average Bonchev–Trinajstić information content (AvgIpc) is 2.58. The van der Waals surface area contributed by atoms with Crippen LogP contribution >= 0.6 is 24.0 Å². The van der Waals surface area contributed by atoms with Crippen molar-refractivity contribution in [2.75, 3.05) is 59.5 Å².